The van der Waals surface area contributed by atoms with Gasteiger partial charge >= 0.3 is 11.6 Å². The maximum absolute atomic E-state index is 14.2. The van der Waals surface area contributed by atoms with Gasteiger partial charge in [-0.05, 0) is 12.5 Å². The Bertz CT molecular complexity index is 606. The number of ether oxygens (including phenoxy) is 1. The van der Waals surface area contributed by atoms with Crippen LogP contribution in [-0.4, -0.2) is 44.0 Å². The van der Waals surface area contributed by atoms with Gasteiger partial charge in [0, 0.05) is 6.20 Å². The van der Waals surface area contributed by atoms with Crippen molar-refractivity contribution in [1.29, 1.82) is 0 Å². The monoisotopic (exact) mass is 303 g/mol. The summed E-state index contributed by atoms with van der Waals surface area (Å²) in [4.78, 5) is 15.0. The molecule has 0 spiro atoms. The van der Waals surface area contributed by atoms with Crippen molar-refractivity contribution in [3.63, 3.8) is 0 Å². The third-order valence-corrected chi connectivity index (χ3v) is 3.40. The molecule has 3 atom stereocenters. The highest BCUT2D eigenvalue weighted by Crippen LogP contribution is 2.48. The molecule has 1 aromatic rings. The van der Waals surface area contributed by atoms with Crippen LogP contribution < -0.4 is 11.4 Å². The van der Waals surface area contributed by atoms with E-state index in [2.05, 4.69) is 11.6 Å². The number of hydrogen-bond acceptors (Lipinski definition) is 6. The van der Waals surface area contributed by atoms with Gasteiger partial charge < -0.3 is 20.7 Å². The molecule has 0 saturated carbocycles. The van der Waals surface area contributed by atoms with Crippen molar-refractivity contribution in [3.8, 4) is 0 Å². The van der Waals surface area contributed by atoms with E-state index in [1.807, 2.05) is 0 Å². The van der Waals surface area contributed by atoms with E-state index < -0.39 is 36.2 Å². The molecule has 2 rings (SSSR count). The molecular formula is C12H15F2N3O4. The summed E-state index contributed by atoms with van der Waals surface area (Å²) in [7, 11) is 0. The standard InChI is InChI=1S/C12H15F2N3O4/c1-2-4-11(6-18)8(19)12(13,14)9(21-11)17-5-3-7(15)16-10(17)20/h2-3,5,8-9,18-19H,1,4,6H2,(H2,15,16,20). The lowest BCUT2D eigenvalue weighted by Crippen LogP contribution is -2.48. The van der Waals surface area contributed by atoms with E-state index in [4.69, 9.17) is 10.5 Å². The Morgan fingerprint density at radius 3 is 2.81 bits per heavy atom. The number of aliphatic hydroxyl groups is 2. The van der Waals surface area contributed by atoms with Crippen LogP contribution in [0, 0.1) is 0 Å². The highest BCUT2D eigenvalue weighted by molar-refractivity contribution is 5.24. The lowest BCUT2D eigenvalue weighted by Gasteiger charge is -2.28. The lowest BCUT2D eigenvalue weighted by molar-refractivity contribution is -0.145. The van der Waals surface area contributed by atoms with Crippen LogP contribution in [0.2, 0.25) is 0 Å². The van der Waals surface area contributed by atoms with Gasteiger partial charge in [-0.2, -0.15) is 13.8 Å². The first-order valence-corrected chi connectivity index (χ1v) is 6.08. The van der Waals surface area contributed by atoms with Crippen LogP contribution in [0.1, 0.15) is 12.6 Å². The highest BCUT2D eigenvalue weighted by Gasteiger charge is 2.66. The minimum absolute atomic E-state index is 0.127. The van der Waals surface area contributed by atoms with Gasteiger partial charge in [0.25, 0.3) is 0 Å². The zero-order chi connectivity index (χ0) is 15.8. The average molecular weight is 303 g/mol. The van der Waals surface area contributed by atoms with Crippen molar-refractivity contribution in [2.45, 2.75) is 30.3 Å². The van der Waals surface area contributed by atoms with Gasteiger partial charge in [0.05, 0.1) is 6.61 Å². The van der Waals surface area contributed by atoms with Crippen molar-refractivity contribution >= 4 is 5.82 Å². The minimum Gasteiger partial charge on any atom is -0.393 e. The predicted octanol–water partition coefficient (Wildman–Crippen LogP) is -0.342. The first-order valence-electron chi connectivity index (χ1n) is 6.08. The van der Waals surface area contributed by atoms with Gasteiger partial charge in [-0.1, -0.05) is 6.08 Å². The number of nitrogens with zero attached hydrogens (tertiary/aromatic N) is 2. The smallest absolute Gasteiger partial charge is 0.351 e. The molecule has 1 saturated heterocycles. The van der Waals surface area contributed by atoms with Gasteiger partial charge in [-0.25, -0.2) is 4.79 Å². The molecule has 0 aromatic carbocycles. The number of nitrogens with two attached hydrogens (primary N) is 1. The summed E-state index contributed by atoms with van der Waals surface area (Å²) in [5, 5.41) is 19.2. The molecule has 7 nitrogen and oxygen atoms in total. The van der Waals surface area contributed by atoms with E-state index in [0.717, 1.165) is 12.3 Å². The summed E-state index contributed by atoms with van der Waals surface area (Å²) < 4.78 is 34.1. The molecular weight excluding hydrogens is 288 g/mol. The van der Waals surface area contributed by atoms with Crippen LogP contribution >= 0.6 is 0 Å². The second-order valence-corrected chi connectivity index (χ2v) is 4.81. The SMILES string of the molecule is C=CCC1(CO)OC(n2ccc(N)nc2=O)C(F)(F)C1O. The predicted molar refractivity (Wildman–Crippen MR) is 68.6 cm³/mol. The first kappa shape index (κ1) is 15.5. The Morgan fingerprint density at radius 2 is 2.29 bits per heavy atom. The van der Waals surface area contributed by atoms with E-state index in [-0.39, 0.29) is 12.2 Å². The van der Waals surface area contributed by atoms with Crippen molar-refractivity contribution in [2.24, 2.45) is 0 Å². The molecule has 1 aliphatic rings. The zero-order valence-electron chi connectivity index (χ0n) is 10.9. The summed E-state index contributed by atoms with van der Waals surface area (Å²) in [5.74, 6) is -3.93. The number of hydrogen-bond donors (Lipinski definition) is 3. The fourth-order valence-electron chi connectivity index (χ4n) is 2.29. The summed E-state index contributed by atoms with van der Waals surface area (Å²) in [6, 6.07) is 1.15. The third-order valence-electron chi connectivity index (χ3n) is 3.40. The van der Waals surface area contributed by atoms with Crippen molar-refractivity contribution < 1.29 is 23.7 Å². The van der Waals surface area contributed by atoms with E-state index in [0.29, 0.717) is 4.57 Å². The molecule has 0 radical (unpaired) electrons. The van der Waals surface area contributed by atoms with E-state index in [1.54, 1.807) is 0 Å². The molecule has 0 amide bonds. The summed E-state index contributed by atoms with van der Waals surface area (Å²) in [6.07, 6.45) is -2.38. The Balaban J connectivity index is 2.50. The topological polar surface area (TPSA) is 111 Å². The number of rotatable bonds is 4. The van der Waals surface area contributed by atoms with Crippen LogP contribution in [0.4, 0.5) is 14.6 Å². The molecule has 1 fully saturated rings. The van der Waals surface area contributed by atoms with Crippen molar-refractivity contribution in [3.05, 3.63) is 35.4 Å². The Morgan fingerprint density at radius 1 is 1.62 bits per heavy atom. The molecule has 21 heavy (non-hydrogen) atoms. The van der Waals surface area contributed by atoms with Crippen LogP contribution in [0.25, 0.3) is 0 Å². The fraction of sp³-hybridized carbons (Fsp3) is 0.500. The molecule has 1 aliphatic heterocycles. The van der Waals surface area contributed by atoms with Gasteiger partial charge in [0.15, 0.2) is 6.10 Å². The number of alkyl halides is 2. The fourth-order valence-corrected chi connectivity index (χ4v) is 2.29. The van der Waals surface area contributed by atoms with Crippen LogP contribution in [0.5, 0.6) is 0 Å². The van der Waals surface area contributed by atoms with Crippen LogP contribution in [0.3, 0.4) is 0 Å². The lowest BCUT2D eigenvalue weighted by atomic mass is 9.92. The van der Waals surface area contributed by atoms with Crippen LogP contribution in [0.15, 0.2) is 29.7 Å². The number of anilines is 1. The van der Waals surface area contributed by atoms with E-state index in [1.165, 1.54) is 6.08 Å². The molecule has 116 valence electrons. The molecule has 3 unspecified atom stereocenters. The number of aromatic nitrogens is 2. The van der Waals surface area contributed by atoms with Gasteiger partial charge in [-0.3, -0.25) is 4.57 Å². The molecule has 2 heterocycles. The number of aliphatic hydroxyl groups excluding tert-OH is 2. The maximum atomic E-state index is 14.2. The summed E-state index contributed by atoms with van der Waals surface area (Å²) in [6.45, 7) is 2.52. The summed E-state index contributed by atoms with van der Waals surface area (Å²) in [5.41, 5.74) is 2.32. The Kier molecular flexibility index (Phi) is 3.83. The molecule has 0 aliphatic carbocycles. The molecule has 1 aromatic heterocycles. The first-order chi connectivity index (χ1) is 9.78. The zero-order valence-corrected chi connectivity index (χ0v) is 10.9. The quantitative estimate of drug-likeness (QED) is 0.656. The molecule has 9 heteroatoms. The minimum atomic E-state index is -3.80. The van der Waals surface area contributed by atoms with Crippen molar-refractivity contribution in [2.75, 3.05) is 12.3 Å². The van der Waals surface area contributed by atoms with Crippen molar-refractivity contribution in [1.82, 2.24) is 9.55 Å². The molecule has 0 bridgehead atoms. The van der Waals surface area contributed by atoms with E-state index >= 15 is 0 Å². The average Bonchev–Trinajstić information content (AvgIpc) is 2.61. The number of halogens is 2. The normalized spacial score (nSPS) is 31.2. The second kappa shape index (κ2) is 5.17. The number of nitrogen functional groups attached to an aromatic ring is 1. The van der Waals surface area contributed by atoms with Crippen LogP contribution in [-0.2, 0) is 4.74 Å². The van der Waals surface area contributed by atoms with Gasteiger partial charge in [0.2, 0.25) is 6.23 Å². The highest BCUT2D eigenvalue weighted by atomic mass is 19.3. The summed E-state index contributed by atoms with van der Waals surface area (Å²) >= 11 is 0. The maximum Gasteiger partial charge on any atom is 0.351 e. The van der Waals surface area contributed by atoms with Gasteiger partial charge in [0.1, 0.15) is 11.4 Å². The Hall–Kier alpha value is -1.84. The van der Waals surface area contributed by atoms with Gasteiger partial charge in [-0.15, -0.1) is 6.58 Å². The largest absolute Gasteiger partial charge is 0.393 e. The van der Waals surface area contributed by atoms with E-state index in [9.17, 15) is 23.8 Å². The Labute approximate surface area is 118 Å². The molecule has 4 N–H and O–H groups in total. The second-order valence-electron chi connectivity index (χ2n) is 4.81. The third kappa shape index (κ3) is 2.33.